The number of nitrogens with zero attached hydrogens (tertiary/aromatic N) is 1. The molecule has 0 spiro atoms. The average molecular weight is 305 g/mol. The Bertz CT molecular complexity index is 556. The maximum absolute atomic E-state index is 12.2. The lowest BCUT2D eigenvalue weighted by atomic mass is 10.00. The van der Waals surface area contributed by atoms with E-state index in [1.54, 1.807) is 6.07 Å². The van der Waals surface area contributed by atoms with Crippen molar-refractivity contribution >= 4 is 11.9 Å². The smallest absolute Gasteiger partial charge is 0.342 e. The summed E-state index contributed by atoms with van der Waals surface area (Å²) < 4.78 is 5.07. The standard InChI is InChI=1S/C17H23NO4/c1-3-13-6-4-5-9-18(13)16(20)11-22-17(21)14-8-7-12(2)10-15(14)19/h7-8,10,13,19H,3-6,9,11H2,1-2H3/t13-/m1/s1. The number of hydrogen-bond donors (Lipinski definition) is 1. The number of piperidine rings is 1. The van der Waals surface area contributed by atoms with Crippen LogP contribution in [0, 0.1) is 6.92 Å². The molecule has 0 saturated carbocycles. The van der Waals surface area contributed by atoms with Gasteiger partial charge in [0.2, 0.25) is 0 Å². The highest BCUT2D eigenvalue weighted by Gasteiger charge is 2.26. The predicted octanol–water partition coefficient (Wildman–Crippen LogP) is 2.65. The summed E-state index contributed by atoms with van der Waals surface area (Å²) >= 11 is 0. The Hall–Kier alpha value is -2.04. The van der Waals surface area contributed by atoms with Gasteiger partial charge in [-0.15, -0.1) is 0 Å². The Kier molecular flexibility index (Phi) is 5.41. The molecule has 1 aromatic carbocycles. The van der Waals surface area contributed by atoms with E-state index in [2.05, 4.69) is 6.92 Å². The van der Waals surface area contributed by atoms with Gasteiger partial charge in [0.25, 0.3) is 5.91 Å². The average Bonchev–Trinajstić information content (AvgIpc) is 2.52. The SMILES string of the molecule is CC[C@@H]1CCCCN1C(=O)COC(=O)c1ccc(C)cc1O. The van der Waals surface area contributed by atoms with Crippen molar-refractivity contribution in [1.82, 2.24) is 4.90 Å². The molecule has 22 heavy (non-hydrogen) atoms. The summed E-state index contributed by atoms with van der Waals surface area (Å²) in [5.41, 5.74) is 0.938. The number of phenolic OH excluding ortho intramolecular Hbond substituents is 1. The van der Waals surface area contributed by atoms with Crippen molar-refractivity contribution in [2.75, 3.05) is 13.2 Å². The molecule has 0 aliphatic carbocycles. The zero-order valence-electron chi connectivity index (χ0n) is 13.2. The minimum atomic E-state index is -0.670. The topological polar surface area (TPSA) is 66.8 Å². The lowest BCUT2D eigenvalue weighted by Gasteiger charge is -2.35. The third kappa shape index (κ3) is 3.78. The van der Waals surface area contributed by atoms with Crippen LogP contribution in [0.2, 0.25) is 0 Å². The zero-order valence-corrected chi connectivity index (χ0v) is 13.2. The Labute approximate surface area is 130 Å². The minimum absolute atomic E-state index is 0.0871. The van der Waals surface area contributed by atoms with Crippen LogP contribution in [0.15, 0.2) is 18.2 Å². The summed E-state index contributed by atoms with van der Waals surface area (Å²) in [7, 11) is 0. The van der Waals surface area contributed by atoms with E-state index in [1.807, 2.05) is 11.8 Å². The van der Waals surface area contributed by atoms with Gasteiger partial charge in [-0.05, 0) is 50.3 Å². The molecule has 5 heteroatoms. The third-order valence-corrected chi connectivity index (χ3v) is 4.12. The van der Waals surface area contributed by atoms with Crippen LogP contribution >= 0.6 is 0 Å². The molecule has 120 valence electrons. The maximum Gasteiger partial charge on any atom is 0.342 e. The van der Waals surface area contributed by atoms with Crippen LogP contribution in [0.1, 0.15) is 48.5 Å². The normalized spacial score (nSPS) is 18.1. The summed E-state index contributed by atoms with van der Waals surface area (Å²) in [6.45, 7) is 4.33. The van der Waals surface area contributed by atoms with E-state index in [0.29, 0.717) is 0 Å². The number of aromatic hydroxyl groups is 1. The second kappa shape index (κ2) is 7.29. The molecule has 1 fully saturated rings. The van der Waals surface area contributed by atoms with E-state index in [1.165, 1.54) is 12.1 Å². The van der Waals surface area contributed by atoms with E-state index in [-0.39, 0.29) is 29.9 Å². The first-order valence-electron chi connectivity index (χ1n) is 7.79. The molecule has 1 saturated heterocycles. The predicted molar refractivity (Wildman–Crippen MR) is 82.8 cm³/mol. The number of esters is 1. The van der Waals surface area contributed by atoms with E-state index in [9.17, 15) is 14.7 Å². The molecular formula is C17H23NO4. The van der Waals surface area contributed by atoms with Crippen molar-refractivity contribution in [2.45, 2.75) is 45.6 Å². The molecule has 0 aromatic heterocycles. The number of ether oxygens (including phenoxy) is 1. The highest BCUT2D eigenvalue weighted by molar-refractivity contribution is 5.94. The number of aryl methyl sites for hydroxylation is 1. The van der Waals surface area contributed by atoms with Gasteiger partial charge < -0.3 is 14.7 Å². The molecule has 2 rings (SSSR count). The van der Waals surface area contributed by atoms with Gasteiger partial charge in [0.1, 0.15) is 11.3 Å². The van der Waals surface area contributed by atoms with Crippen LogP contribution in [-0.4, -0.2) is 41.1 Å². The fraction of sp³-hybridized carbons (Fsp3) is 0.529. The molecule has 1 aromatic rings. The van der Waals surface area contributed by atoms with Gasteiger partial charge in [-0.3, -0.25) is 4.79 Å². The van der Waals surface area contributed by atoms with Gasteiger partial charge in [-0.1, -0.05) is 13.0 Å². The number of likely N-dealkylation sites (tertiary alicyclic amines) is 1. The number of carbonyl (C=O) groups is 2. The number of amides is 1. The van der Waals surface area contributed by atoms with E-state index in [4.69, 9.17) is 4.74 Å². The first-order valence-corrected chi connectivity index (χ1v) is 7.79. The molecule has 0 bridgehead atoms. The van der Waals surface area contributed by atoms with E-state index in [0.717, 1.165) is 37.8 Å². The molecule has 5 nitrogen and oxygen atoms in total. The van der Waals surface area contributed by atoms with E-state index < -0.39 is 5.97 Å². The van der Waals surface area contributed by atoms with Gasteiger partial charge >= 0.3 is 5.97 Å². The molecule has 1 heterocycles. The van der Waals surface area contributed by atoms with Gasteiger partial charge in [0.05, 0.1) is 0 Å². The summed E-state index contributed by atoms with van der Waals surface area (Å²) in [5, 5.41) is 9.76. The summed E-state index contributed by atoms with van der Waals surface area (Å²) in [6, 6.07) is 4.96. The lowest BCUT2D eigenvalue weighted by molar-refractivity contribution is -0.138. The van der Waals surface area contributed by atoms with Gasteiger partial charge in [-0.25, -0.2) is 4.79 Å². The molecule has 1 atom stereocenters. The summed E-state index contributed by atoms with van der Waals surface area (Å²) in [6.07, 6.45) is 4.06. The van der Waals surface area contributed by atoms with Crippen LogP contribution in [0.4, 0.5) is 0 Å². The Morgan fingerprint density at radius 3 is 2.82 bits per heavy atom. The number of rotatable bonds is 4. The lowest BCUT2D eigenvalue weighted by Crippen LogP contribution is -2.45. The fourth-order valence-electron chi connectivity index (χ4n) is 2.86. The quantitative estimate of drug-likeness (QED) is 0.868. The van der Waals surface area contributed by atoms with Crippen molar-refractivity contribution in [2.24, 2.45) is 0 Å². The summed E-state index contributed by atoms with van der Waals surface area (Å²) in [5.74, 6) is -0.954. The van der Waals surface area contributed by atoms with Crippen molar-refractivity contribution in [1.29, 1.82) is 0 Å². The molecule has 1 N–H and O–H groups in total. The number of carbonyl (C=O) groups excluding carboxylic acids is 2. The van der Waals surface area contributed by atoms with Crippen LogP contribution in [0.3, 0.4) is 0 Å². The zero-order chi connectivity index (χ0) is 16.1. The Morgan fingerprint density at radius 2 is 2.14 bits per heavy atom. The van der Waals surface area contributed by atoms with Crippen LogP contribution in [0.25, 0.3) is 0 Å². The second-order valence-corrected chi connectivity index (χ2v) is 5.74. The molecular weight excluding hydrogens is 282 g/mol. The highest BCUT2D eigenvalue weighted by atomic mass is 16.5. The maximum atomic E-state index is 12.2. The van der Waals surface area contributed by atoms with Gasteiger partial charge in [-0.2, -0.15) is 0 Å². The number of phenols is 1. The largest absolute Gasteiger partial charge is 0.507 e. The van der Waals surface area contributed by atoms with Crippen molar-refractivity contribution in [3.63, 3.8) is 0 Å². The molecule has 0 unspecified atom stereocenters. The van der Waals surface area contributed by atoms with E-state index >= 15 is 0 Å². The minimum Gasteiger partial charge on any atom is -0.507 e. The fourth-order valence-corrected chi connectivity index (χ4v) is 2.86. The Balaban J connectivity index is 1.94. The molecule has 0 radical (unpaired) electrons. The molecule has 1 aliphatic heterocycles. The van der Waals surface area contributed by atoms with Crippen molar-refractivity contribution in [3.05, 3.63) is 29.3 Å². The third-order valence-electron chi connectivity index (χ3n) is 4.12. The van der Waals surface area contributed by atoms with Gasteiger partial charge in [0.15, 0.2) is 6.61 Å². The monoisotopic (exact) mass is 305 g/mol. The molecule has 1 amide bonds. The van der Waals surface area contributed by atoms with Crippen LogP contribution < -0.4 is 0 Å². The van der Waals surface area contributed by atoms with Crippen LogP contribution in [-0.2, 0) is 9.53 Å². The Morgan fingerprint density at radius 1 is 1.36 bits per heavy atom. The highest BCUT2D eigenvalue weighted by Crippen LogP contribution is 2.21. The molecule has 1 aliphatic rings. The van der Waals surface area contributed by atoms with Gasteiger partial charge in [0, 0.05) is 12.6 Å². The number of hydrogen-bond acceptors (Lipinski definition) is 4. The van der Waals surface area contributed by atoms with Crippen molar-refractivity contribution < 1.29 is 19.4 Å². The first-order chi connectivity index (χ1) is 10.5. The van der Waals surface area contributed by atoms with Crippen LogP contribution in [0.5, 0.6) is 5.75 Å². The summed E-state index contributed by atoms with van der Waals surface area (Å²) in [4.78, 5) is 26.0. The first kappa shape index (κ1) is 16.3. The second-order valence-electron chi connectivity index (χ2n) is 5.74. The van der Waals surface area contributed by atoms with Crippen molar-refractivity contribution in [3.8, 4) is 5.75 Å². The number of benzene rings is 1.